The van der Waals surface area contributed by atoms with E-state index in [0.717, 1.165) is 12.8 Å². The van der Waals surface area contributed by atoms with E-state index in [-0.39, 0.29) is 36.3 Å². The van der Waals surface area contributed by atoms with Crippen LogP contribution >= 0.6 is 0 Å². The molecular formula is C27H30N2O5. The van der Waals surface area contributed by atoms with Crippen molar-refractivity contribution in [3.05, 3.63) is 59.7 Å². The number of fused-ring (bicyclic) bond motifs is 4. The summed E-state index contributed by atoms with van der Waals surface area (Å²) in [6.45, 7) is 2.02. The van der Waals surface area contributed by atoms with Crippen molar-refractivity contribution in [1.29, 1.82) is 0 Å². The number of alkyl carbamates (subject to hydrolysis) is 1. The highest BCUT2D eigenvalue weighted by atomic mass is 16.5. The number of carbonyl (C=O) groups is 3. The number of rotatable bonds is 7. The molecule has 3 aliphatic carbocycles. The third-order valence-electron chi connectivity index (χ3n) is 7.86. The van der Waals surface area contributed by atoms with Gasteiger partial charge in [-0.3, -0.25) is 4.79 Å². The van der Waals surface area contributed by atoms with Crippen LogP contribution in [0.25, 0.3) is 11.1 Å². The summed E-state index contributed by atoms with van der Waals surface area (Å²) in [5.74, 6) is -0.749. The predicted octanol–water partition coefficient (Wildman–Crippen LogP) is 3.92. The fourth-order valence-electron chi connectivity index (χ4n) is 6.03. The number of carboxylic acid groups (broad SMARTS) is 1. The first-order valence-electron chi connectivity index (χ1n) is 12.1. The predicted molar refractivity (Wildman–Crippen MR) is 126 cm³/mol. The lowest BCUT2D eigenvalue weighted by Gasteiger charge is -2.40. The Kier molecular flexibility index (Phi) is 6.02. The van der Waals surface area contributed by atoms with Gasteiger partial charge in [-0.1, -0.05) is 55.5 Å². The van der Waals surface area contributed by atoms with Gasteiger partial charge in [0, 0.05) is 17.9 Å². The molecule has 3 aliphatic rings. The van der Waals surface area contributed by atoms with Crippen LogP contribution in [0.1, 0.15) is 49.7 Å². The molecule has 0 spiro atoms. The van der Waals surface area contributed by atoms with Crippen molar-refractivity contribution in [3.8, 4) is 11.1 Å². The van der Waals surface area contributed by atoms with E-state index < -0.39 is 18.1 Å². The van der Waals surface area contributed by atoms with Gasteiger partial charge >= 0.3 is 12.1 Å². The summed E-state index contributed by atoms with van der Waals surface area (Å²) < 4.78 is 5.67. The first-order valence-corrected chi connectivity index (χ1v) is 12.1. The largest absolute Gasteiger partial charge is 0.480 e. The lowest BCUT2D eigenvalue weighted by Crippen LogP contribution is -2.50. The molecule has 0 aromatic heterocycles. The zero-order valence-corrected chi connectivity index (χ0v) is 19.2. The summed E-state index contributed by atoms with van der Waals surface area (Å²) in [5.41, 5.74) is 4.74. The zero-order chi connectivity index (χ0) is 23.8. The normalized spacial score (nSPS) is 25.3. The SMILES string of the molecule is CC[C@@H](NC(=O)C1C[C@H]2C[C@@H](NC(=O)OCC3c4ccccc4-c4ccccc43)[C@H]2C1)C(=O)O. The molecule has 2 amide bonds. The Balaban J connectivity index is 1.14. The van der Waals surface area contributed by atoms with Gasteiger partial charge in [0.2, 0.25) is 5.91 Å². The van der Waals surface area contributed by atoms with E-state index in [2.05, 4.69) is 34.9 Å². The van der Waals surface area contributed by atoms with Crippen LogP contribution in [0.5, 0.6) is 0 Å². The van der Waals surface area contributed by atoms with Crippen LogP contribution < -0.4 is 10.6 Å². The summed E-state index contributed by atoms with van der Waals surface area (Å²) in [4.78, 5) is 36.4. The van der Waals surface area contributed by atoms with Crippen molar-refractivity contribution < 1.29 is 24.2 Å². The van der Waals surface area contributed by atoms with Crippen LogP contribution in [0, 0.1) is 17.8 Å². The van der Waals surface area contributed by atoms with E-state index in [1.54, 1.807) is 6.92 Å². The third-order valence-corrected chi connectivity index (χ3v) is 7.86. The number of hydrogen-bond acceptors (Lipinski definition) is 4. The van der Waals surface area contributed by atoms with Crippen molar-refractivity contribution in [2.24, 2.45) is 17.8 Å². The highest BCUT2D eigenvalue weighted by molar-refractivity contribution is 5.85. The number of nitrogens with one attached hydrogen (secondary N) is 2. The van der Waals surface area contributed by atoms with E-state index in [0.29, 0.717) is 18.8 Å². The van der Waals surface area contributed by atoms with Gasteiger partial charge < -0.3 is 20.5 Å². The maximum Gasteiger partial charge on any atom is 0.407 e. The summed E-state index contributed by atoms with van der Waals surface area (Å²) >= 11 is 0. The molecule has 3 N–H and O–H groups in total. The number of amides is 2. The fourth-order valence-corrected chi connectivity index (χ4v) is 6.03. The van der Waals surface area contributed by atoms with Crippen molar-refractivity contribution in [2.75, 3.05) is 6.61 Å². The van der Waals surface area contributed by atoms with E-state index in [9.17, 15) is 19.5 Å². The minimum absolute atomic E-state index is 0.0000959. The van der Waals surface area contributed by atoms with E-state index in [1.165, 1.54) is 22.3 Å². The lowest BCUT2D eigenvalue weighted by molar-refractivity contribution is -0.142. The highest BCUT2D eigenvalue weighted by Gasteiger charge is 2.50. The molecule has 0 saturated heterocycles. The Morgan fingerprint density at radius 1 is 1.00 bits per heavy atom. The Bertz CT molecular complexity index is 1070. The van der Waals surface area contributed by atoms with Gasteiger partial charge in [0.25, 0.3) is 0 Å². The molecule has 2 fully saturated rings. The summed E-state index contributed by atoms with van der Waals surface area (Å²) in [5, 5.41) is 14.8. The van der Waals surface area contributed by atoms with Gasteiger partial charge in [0.05, 0.1) is 0 Å². The molecule has 7 heteroatoms. The van der Waals surface area contributed by atoms with Gasteiger partial charge in [-0.25, -0.2) is 9.59 Å². The van der Waals surface area contributed by atoms with Crippen LogP contribution in [-0.4, -0.2) is 41.8 Å². The molecular weight excluding hydrogens is 432 g/mol. The molecule has 0 radical (unpaired) electrons. The molecule has 2 aromatic rings. The topological polar surface area (TPSA) is 105 Å². The number of ether oxygens (including phenoxy) is 1. The lowest BCUT2D eigenvalue weighted by atomic mass is 9.71. The van der Waals surface area contributed by atoms with Crippen LogP contribution in [0.3, 0.4) is 0 Å². The van der Waals surface area contributed by atoms with E-state index >= 15 is 0 Å². The second-order valence-corrected chi connectivity index (χ2v) is 9.71. The molecule has 1 unspecified atom stereocenters. The molecule has 7 nitrogen and oxygen atoms in total. The quantitative estimate of drug-likeness (QED) is 0.579. The Hall–Kier alpha value is -3.35. The third kappa shape index (κ3) is 4.04. The minimum Gasteiger partial charge on any atom is -0.480 e. The van der Waals surface area contributed by atoms with Gasteiger partial charge in [-0.2, -0.15) is 0 Å². The maximum atomic E-state index is 12.6. The molecule has 5 atom stereocenters. The molecule has 5 rings (SSSR count). The second-order valence-electron chi connectivity index (χ2n) is 9.71. The molecule has 0 bridgehead atoms. The van der Waals surface area contributed by atoms with Crippen LogP contribution in [-0.2, 0) is 14.3 Å². The Labute approximate surface area is 198 Å². The van der Waals surface area contributed by atoms with Crippen LogP contribution in [0.2, 0.25) is 0 Å². The van der Waals surface area contributed by atoms with Crippen molar-refractivity contribution in [1.82, 2.24) is 10.6 Å². The number of carbonyl (C=O) groups excluding carboxylic acids is 2. The van der Waals surface area contributed by atoms with Crippen molar-refractivity contribution >= 4 is 18.0 Å². The summed E-state index contributed by atoms with van der Waals surface area (Å²) in [6, 6.07) is 15.6. The Morgan fingerprint density at radius 3 is 2.26 bits per heavy atom. The monoisotopic (exact) mass is 462 g/mol. The van der Waals surface area contributed by atoms with Gasteiger partial charge in [0.1, 0.15) is 12.6 Å². The molecule has 2 aromatic carbocycles. The Morgan fingerprint density at radius 2 is 1.65 bits per heavy atom. The summed E-state index contributed by atoms with van der Waals surface area (Å²) in [7, 11) is 0. The molecule has 34 heavy (non-hydrogen) atoms. The average Bonchev–Trinajstić information content (AvgIpc) is 3.34. The maximum absolute atomic E-state index is 12.6. The fraction of sp³-hybridized carbons (Fsp3) is 0.444. The van der Waals surface area contributed by atoms with Gasteiger partial charge in [0.15, 0.2) is 0 Å². The molecule has 0 heterocycles. The second kappa shape index (κ2) is 9.12. The standard InChI is InChI=1S/C27H30N2O5/c1-2-23(26(31)32)28-25(30)16-11-15-13-24(21(15)12-16)29-27(33)34-14-22-19-9-5-3-7-17(19)18-8-4-6-10-20(18)22/h3-10,15-16,21-24H,2,11-14H2,1H3,(H,28,30)(H,29,33)(H,31,32)/t15-,16?,21-,23+,24+/m0/s1. The summed E-state index contributed by atoms with van der Waals surface area (Å²) in [6.07, 6.45) is 2.17. The van der Waals surface area contributed by atoms with Crippen LogP contribution in [0.15, 0.2) is 48.5 Å². The van der Waals surface area contributed by atoms with Gasteiger partial charge in [-0.15, -0.1) is 0 Å². The zero-order valence-electron chi connectivity index (χ0n) is 19.2. The first kappa shape index (κ1) is 22.4. The van der Waals surface area contributed by atoms with Crippen LogP contribution in [0.4, 0.5) is 4.79 Å². The van der Waals surface area contributed by atoms with E-state index in [1.807, 2.05) is 24.3 Å². The molecule has 0 aliphatic heterocycles. The molecule has 178 valence electrons. The number of aliphatic carboxylic acids is 1. The highest BCUT2D eigenvalue weighted by Crippen LogP contribution is 2.50. The number of hydrogen-bond donors (Lipinski definition) is 3. The van der Waals surface area contributed by atoms with Crippen molar-refractivity contribution in [2.45, 2.75) is 50.6 Å². The average molecular weight is 463 g/mol. The van der Waals surface area contributed by atoms with Gasteiger partial charge in [-0.05, 0) is 59.8 Å². The number of benzene rings is 2. The van der Waals surface area contributed by atoms with Crippen molar-refractivity contribution in [3.63, 3.8) is 0 Å². The number of carboxylic acids is 1. The minimum atomic E-state index is -1.01. The molecule has 2 saturated carbocycles. The van der Waals surface area contributed by atoms with E-state index in [4.69, 9.17) is 4.74 Å². The first-order chi connectivity index (χ1) is 16.5. The smallest absolute Gasteiger partial charge is 0.407 e.